The van der Waals surface area contributed by atoms with Gasteiger partial charge >= 0.3 is 0 Å². The Kier molecular flexibility index (Phi) is 34.4. The number of carbonyl (C=O) groups is 4. The predicted molar refractivity (Wildman–Crippen MR) is 525 cm³/mol. The zero-order valence-electron chi connectivity index (χ0n) is 73.5. The molecule has 640 valence electrons. The van der Waals surface area contributed by atoms with Crippen molar-refractivity contribution in [3.8, 4) is 39.0 Å². The number of unbranched alkanes of at least 4 members (excludes halogenated alkanes) is 16. The van der Waals surface area contributed by atoms with Crippen molar-refractivity contribution in [2.75, 3.05) is 26.2 Å². The summed E-state index contributed by atoms with van der Waals surface area (Å²) < 4.78 is 2.53. The van der Waals surface area contributed by atoms with Gasteiger partial charge < -0.3 is 19.6 Å². The molecular weight excluding hydrogens is 1630 g/mol. The minimum absolute atomic E-state index is 0.0242. The van der Waals surface area contributed by atoms with Crippen molar-refractivity contribution in [1.29, 1.82) is 0 Å². The molecule has 4 aliphatic heterocycles. The number of benzene rings is 2. The zero-order chi connectivity index (χ0) is 84.0. The van der Waals surface area contributed by atoms with Gasteiger partial charge in [0.25, 0.3) is 23.6 Å². The maximum atomic E-state index is 15.6. The van der Waals surface area contributed by atoms with E-state index in [2.05, 4.69) is 223 Å². The minimum Gasteiger partial charge on any atom is -0.306 e. The highest BCUT2D eigenvalue weighted by Crippen LogP contribution is 2.54. The molecule has 120 heavy (non-hydrogen) atoms. The number of carbonyl (C=O) groups excluding carboxylic acids is 4. The molecule has 16 heteroatoms. The summed E-state index contributed by atoms with van der Waals surface area (Å²) in [6.07, 6.45) is 38.6. The van der Waals surface area contributed by atoms with Crippen molar-refractivity contribution >= 4 is 157 Å². The van der Waals surface area contributed by atoms with Gasteiger partial charge in [0, 0.05) is 74.6 Å². The van der Waals surface area contributed by atoms with Gasteiger partial charge in [-0.15, -0.1) is 90.7 Å². The molecular formula is C104H132N4O4S8. The van der Waals surface area contributed by atoms with E-state index in [9.17, 15) is 0 Å². The molecule has 2 unspecified atom stereocenters. The molecule has 0 bridgehead atoms. The van der Waals surface area contributed by atoms with Crippen molar-refractivity contribution in [2.24, 2.45) is 35.5 Å². The molecule has 0 saturated carbocycles. The van der Waals surface area contributed by atoms with E-state index in [1.165, 1.54) is 213 Å². The third-order valence-corrected chi connectivity index (χ3v) is 34.1. The summed E-state index contributed by atoms with van der Waals surface area (Å²) in [6.45, 7) is 25.5. The first-order valence-corrected chi connectivity index (χ1v) is 52.9. The highest BCUT2D eigenvalue weighted by Gasteiger charge is 2.52. The average molecular weight is 1760 g/mol. The van der Waals surface area contributed by atoms with E-state index in [-0.39, 0.29) is 23.6 Å². The minimum atomic E-state index is -0.0242. The Morgan fingerprint density at radius 2 is 0.567 bits per heavy atom. The number of fused-ring (bicyclic) bond motifs is 4. The summed E-state index contributed by atoms with van der Waals surface area (Å²) in [6, 6.07) is 47.6. The molecule has 10 aromatic rings. The van der Waals surface area contributed by atoms with E-state index >= 15 is 19.2 Å². The molecule has 14 rings (SSSR count). The summed E-state index contributed by atoms with van der Waals surface area (Å²) in [5.74, 6) is 3.18. The van der Waals surface area contributed by atoms with Crippen molar-refractivity contribution in [3.63, 3.8) is 0 Å². The second kappa shape index (κ2) is 45.3. The molecule has 0 aliphatic carbocycles. The van der Waals surface area contributed by atoms with Gasteiger partial charge in [0.1, 0.15) is 0 Å². The molecule has 0 spiro atoms. The number of amides is 4. The lowest BCUT2D eigenvalue weighted by atomic mass is 9.93. The Morgan fingerprint density at radius 1 is 0.267 bits per heavy atom. The van der Waals surface area contributed by atoms with Crippen molar-refractivity contribution in [3.05, 3.63) is 186 Å². The maximum Gasteiger partial charge on any atom is 0.261 e. The molecule has 0 fully saturated rings. The van der Waals surface area contributed by atoms with Crippen LogP contribution in [0.5, 0.6) is 0 Å². The van der Waals surface area contributed by atoms with Crippen LogP contribution in [0.1, 0.15) is 294 Å². The quantitative estimate of drug-likeness (QED) is 0.0356. The second-order valence-electron chi connectivity index (χ2n) is 35.5. The van der Waals surface area contributed by atoms with Gasteiger partial charge in [-0.2, -0.15) is 0 Å². The lowest BCUT2D eigenvalue weighted by Gasteiger charge is -2.29. The van der Waals surface area contributed by atoms with Crippen LogP contribution >= 0.6 is 90.7 Å². The number of hydrogen-bond acceptors (Lipinski definition) is 12. The fourth-order valence-corrected chi connectivity index (χ4v) is 26.3. The third kappa shape index (κ3) is 22.9. The van der Waals surface area contributed by atoms with Crippen LogP contribution in [-0.2, 0) is 19.2 Å². The first-order chi connectivity index (χ1) is 58.5. The topological polar surface area (TPSA) is 81.2 Å². The fourth-order valence-electron chi connectivity index (χ4n) is 18.1. The molecule has 0 N–H and O–H groups in total. The van der Waals surface area contributed by atoms with E-state index in [0.717, 1.165) is 93.7 Å². The third-order valence-electron chi connectivity index (χ3n) is 25.0. The number of nitrogens with zero attached hydrogens (tertiary/aromatic N) is 4. The summed E-state index contributed by atoms with van der Waals surface area (Å²) in [4.78, 5) is 83.3. The van der Waals surface area contributed by atoms with Gasteiger partial charge in [-0.3, -0.25) is 19.2 Å². The van der Waals surface area contributed by atoms with Crippen LogP contribution in [0.4, 0.5) is 0 Å². The fraction of sp³-hybridized carbons (Fsp3) is 0.500. The van der Waals surface area contributed by atoms with Gasteiger partial charge in [-0.1, -0.05) is 285 Å². The van der Waals surface area contributed by atoms with E-state index < -0.39 is 0 Å². The van der Waals surface area contributed by atoms with Crippen LogP contribution in [0, 0.1) is 35.5 Å². The second-order valence-corrected chi connectivity index (χ2v) is 43.9. The van der Waals surface area contributed by atoms with Crippen LogP contribution in [0.25, 0.3) is 82.0 Å². The highest BCUT2D eigenvalue weighted by atomic mass is 32.1. The Morgan fingerprint density at radius 3 is 0.892 bits per heavy atom. The van der Waals surface area contributed by atoms with Crippen molar-refractivity contribution in [2.45, 2.75) is 275 Å². The number of rotatable bonds is 50. The molecule has 12 heterocycles. The molecule has 4 atom stereocenters. The van der Waals surface area contributed by atoms with Crippen molar-refractivity contribution < 1.29 is 19.2 Å². The molecule has 4 amide bonds. The van der Waals surface area contributed by atoms with E-state index in [1.54, 1.807) is 90.7 Å². The molecule has 8 aromatic heterocycles. The largest absolute Gasteiger partial charge is 0.306 e. The van der Waals surface area contributed by atoms with Crippen LogP contribution in [0.2, 0.25) is 0 Å². The number of hydrogen-bond donors (Lipinski definition) is 0. The Bertz CT molecular complexity index is 4710. The smallest absolute Gasteiger partial charge is 0.261 e. The highest BCUT2D eigenvalue weighted by molar-refractivity contribution is 7.27. The van der Waals surface area contributed by atoms with Crippen LogP contribution in [0.3, 0.4) is 0 Å². The summed E-state index contributed by atoms with van der Waals surface area (Å²) >= 11 is 14.0. The van der Waals surface area contributed by atoms with Gasteiger partial charge in [0.05, 0.1) is 64.6 Å². The molecule has 0 saturated heterocycles. The van der Waals surface area contributed by atoms with Gasteiger partial charge in [0.15, 0.2) is 0 Å². The Labute approximate surface area is 751 Å². The Balaban J connectivity index is 0.000000208. The molecule has 8 nitrogen and oxygen atoms in total. The van der Waals surface area contributed by atoms with Crippen LogP contribution < -0.4 is 0 Å². The van der Waals surface area contributed by atoms with Gasteiger partial charge in [0.2, 0.25) is 0 Å². The maximum absolute atomic E-state index is 15.6. The lowest BCUT2D eigenvalue weighted by Crippen LogP contribution is -2.34. The summed E-state index contributed by atoms with van der Waals surface area (Å²) in [5.41, 5.74) is 5.87. The van der Waals surface area contributed by atoms with E-state index in [1.807, 2.05) is 9.80 Å². The monoisotopic (exact) mass is 1760 g/mol. The zero-order valence-corrected chi connectivity index (χ0v) is 80.0. The SMILES string of the molecule is CC(C)CCC[C@H](C)CCN1C(=O)C2=C(c3ccc(-c4cc5ccccc5s4)s3)N(CC[C@@H](C)CCCC(C)C)C(=O)C2=C1c1ccc(-c2cc3ccccc3s2)s1.CCCCCCCCC(CCCCCC)CN1C(=O)C2=C(c3ccc(-c4cccs4)s3)N(CC(CCCCCC)CCCCCCCC)C(=O)C2=C1c1ccc(-c2cccs2)s1. The van der Waals surface area contributed by atoms with E-state index in [4.69, 9.17) is 0 Å². The average Bonchev–Trinajstić information content (AvgIpc) is 1.56. The molecule has 2 aromatic carbocycles. The standard InChI is InChI=1S/C54H76N2O2S4.C50H56N2O2S4/c1-5-9-13-17-19-23-29-41(27-21-15-11-7-3)39-55-51(47-35-33-45(61-47)43-31-25-37-59-43)49-50(53(55)57)52(48-36-34-46(62-48)44-32-26-38-60-44)56(54(49)58)40-42(28-22-16-12-8-4)30-24-20-18-14-10-6-2;1-31(2)13-11-15-33(5)25-27-51-47(41-23-21-39(57-41)43-29-35-17-7-9-19-37(35)55-43)45-46(49(51)53)48(52(50(45)54)28-26-34(6)16-12-14-32(3)4)42-24-22-40(58-42)44-30-36-18-8-10-20-38(36)56-44/h25-26,31-38,41-42H,5-24,27-30,39-40H2,1-4H3;7-10,17-24,29-34H,11-16,25-28H2,1-6H3/t;33-,34-/m.0/s1. The summed E-state index contributed by atoms with van der Waals surface area (Å²) in [7, 11) is 0. The molecule has 4 aliphatic rings. The predicted octanol–water partition coefficient (Wildman–Crippen LogP) is 32.8. The van der Waals surface area contributed by atoms with Gasteiger partial charge in [-0.05, 0) is 180 Å². The molecule has 0 radical (unpaired) electrons. The Hall–Kier alpha value is -6.60. The normalized spacial score (nSPS) is 15.5. The summed E-state index contributed by atoms with van der Waals surface area (Å²) in [5, 5.41) is 6.75. The first kappa shape index (κ1) is 91.1. The first-order valence-electron chi connectivity index (χ1n) is 46.3. The number of thiophene rings is 8. The van der Waals surface area contributed by atoms with E-state index in [0.29, 0.717) is 84.0 Å². The van der Waals surface area contributed by atoms with Crippen LogP contribution in [0.15, 0.2) is 167 Å². The van der Waals surface area contributed by atoms with Crippen LogP contribution in [-0.4, -0.2) is 69.4 Å². The van der Waals surface area contributed by atoms with Gasteiger partial charge in [-0.25, -0.2) is 0 Å². The lowest BCUT2D eigenvalue weighted by molar-refractivity contribution is -0.124. The van der Waals surface area contributed by atoms with Crippen molar-refractivity contribution in [1.82, 2.24) is 19.6 Å².